The van der Waals surface area contributed by atoms with Crippen LogP contribution in [0.4, 0.5) is 0 Å². The van der Waals surface area contributed by atoms with Crippen LogP contribution < -0.4 is 0 Å². The van der Waals surface area contributed by atoms with E-state index < -0.39 is 15.6 Å². The first kappa shape index (κ1) is 11.2. The predicted molar refractivity (Wildman–Crippen MR) is 54.3 cm³/mol. The second-order valence-electron chi connectivity index (χ2n) is 3.00. The van der Waals surface area contributed by atoms with Crippen LogP contribution in [-0.4, -0.2) is 14.2 Å². The van der Waals surface area contributed by atoms with Crippen LogP contribution in [0.25, 0.3) is 0 Å². The van der Waals surface area contributed by atoms with Crippen LogP contribution in [0.15, 0.2) is 24.3 Å². The molecule has 1 rings (SSSR count). The summed E-state index contributed by atoms with van der Waals surface area (Å²) in [5, 5.41) is 16.9. The van der Waals surface area contributed by atoms with E-state index in [0.29, 0.717) is 11.1 Å². The van der Waals surface area contributed by atoms with Crippen LogP contribution in [0, 0.1) is 22.7 Å². The van der Waals surface area contributed by atoms with Crippen molar-refractivity contribution in [2.24, 2.45) is 0 Å². The van der Waals surface area contributed by atoms with Gasteiger partial charge in [0.25, 0.3) is 0 Å². The summed E-state index contributed by atoms with van der Waals surface area (Å²) in [7, 11) is -3.38. The summed E-state index contributed by atoms with van der Waals surface area (Å²) in [5.74, 6) is -0.695. The Balaban J connectivity index is 2.92. The standard InChI is InChI=1S/C10H8N2O2S/c11-4-5-15(13,14)8-10-3-1-2-9(6-10)7-12/h1-3,6H,5,8H2. The van der Waals surface area contributed by atoms with Crippen molar-refractivity contribution in [1.29, 1.82) is 10.5 Å². The summed E-state index contributed by atoms with van der Waals surface area (Å²) in [4.78, 5) is 0. The van der Waals surface area contributed by atoms with Crippen LogP contribution in [0.1, 0.15) is 11.1 Å². The maximum atomic E-state index is 11.3. The van der Waals surface area contributed by atoms with Crippen LogP contribution in [0.2, 0.25) is 0 Å². The number of hydrogen-bond donors (Lipinski definition) is 0. The molecule has 0 radical (unpaired) electrons. The summed E-state index contributed by atoms with van der Waals surface area (Å²) in [6, 6.07) is 9.88. The van der Waals surface area contributed by atoms with Crippen LogP contribution in [0.5, 0.6) is 0 Å². The van der Waals surface area contributed by atoms with E-state index in [-0.39, 0.29) is 5.75 Å². The van der Waals surface area contributed by atoms with E-state index in [1.54, 1.807) is 24.3 Å². The topological polar surface area (TPSA) is 81.7 Å². The first-order chi connectivity index (χ1) is 7.07. The van der Waals surface area contributed by atoms with Gasteiger partial charge in [-0.1, -0.05) is 12.1 Å². The van der Waals surface area contributed by atoms with Crippen molar-refractivity contribution in [3.63, 3.8) is 0 Å². The minimum atomic E-state index is -3.38. The number of sulfone groups is 1. The van der Waals surface area contributed by atoms with Gasteiger partial charge >= 0.3 is 0 Å². The van der Waals surface area contributed by atoms with E-state index in [1.807, 2.05) is 6.07 Å². The predicted octanol–water partition coefficient (Wildman–Crippen LogP) is 0.997. The average molecular weight is 220 g/mol. The quantitative estimate of drug-likeness (QED) is 0.760. The van der Waals surface area contributed by atoms with Gasteiger partial charge in [0.1, 0.15) is 5.75 Å². The summed E-state index contributed by atoms with van der Waals surface area (Å²) < 4.78 is 22.6. The third kappa shape index (κ3) is 3.41. The molecule has 1 aromatic rings. The van der Waals surface area contributed by atoms with E-state index in [9.17, 15) is 8.42 Å². The minimum absolute atomic E-state index is 0.198. The van der Waals surface area contributed by atoms with E-state index >= 15 is 0 Å². The lowest BCUT2D eigenvalue weighted by molar-refractivity contribution is 0.598. The Hall–Kier alpha value is -1.85. The van der Waals surface area contributed by atoms with Crippen molar-refractivity contribution >= 4 is 9.84 Å². The first-order valence-electron chi connectivity index (χ1n) is 4.14. The molecule has 0 aliphatic heterocycles. The highest BCUT2D eigenvalue weighted by atomic mass is 32.2. The Bertz CT molecular complexity index is 535. The molecule has 0 heterocycles. The van der Waals surface area contributed by atoms with Gasteiger partial charge in [0.15, 0.2) is 9.84 Å². The Morgan fingerprint density at radius 1 is 1.27 bits per heavy atom. The summed E-state index contributed by atoms with van der Waals surface area (Å²) in [6.45, 7) is 0. The highest BCUT2D eigenvalue weighted by Gasteiger charge is 2.11. The van der Waals surface area contributed by atoms with E-state index in [4.69, 9.17) is 10.5 Å². The molecule has 0 fully saturated rings. The third-order valence-corrected chi connectivity index (χ3v) is 3.07. The van der Waals surface area contributed by atoms with Crippen LogP contribution in [-0.2, 0) is 15.6 Å². The van der Waals surface area contributed by atoms with Gasteiger partial charge in [-0.25, -0.2) is 8.42 Å². The van der Waals surface area contributed by atoms with Gasteiger partial charge in [-0.05, 0) is 17.7 Å². The molecule has 15 heavy (non-hydrogen) atoms. The molecule has 0 aliphatic carbocycles. The number of nitriles is 2. The molecule has 0 spiro atoms. The van der Waals surface area contributed by atoms with Crippen molar-refractivity contribution in [3.05, 3.63) is 35.4 Å². The lowest BCUT2D eigenvalue weighted by atomic mass is 10.2. The first-order valence-corrected chi connectivity index (χ1v) is 5.96. The molecular weight excluding hydrogens is 212 g/mol. The molecule has 0 amide bonds. The lowest BCUT2D eigenvalue weighted by Crippen LogP contribution is -2.07. The summed E-state index contributed by atoms with van der Waals surface area (Å²) >= 11 is 0. The van der Waals surface area contributed by atoms with Gasteiger partial charge in [0, 0.05) is 0 Å². The second-order valence-corrected chi connectivity index (χ2v) is 5.07. The van der Waals surface area contributed by atoms with Crippen molar-refractivity contribution in [1.82, 2.24) is 0 Å². The largest absolute Gasteiger partial charge is 0.227 e. The molecule has 0 atom stereocenters. The smallest absolute Gasteiger partial charge is 0.167 e. The molecule has 0 unspecified atom stereocenters. The molecule has 0 aromatic heterocycles. The third-order valence-electron chi connectivity index (χ3n) is 1.73. The summed E-state index contributed by atoms with van der Waals surface area (Å²) in [6.07, 6.45) is 0. The molecule has 0 bridgehead atoms. The molecule has 0 saturated heterocycles. The average Bonchev–Trinajstić information content (AvgIpc) is 2.17. The zero-order chi connectivity index (χ0) is 11.3. The molecule has 76 valence electrons. The lowest BCUT2D eigenvalue weighted by Gasteiger charge is -2.00. The zero-order valence-electron chi connectivity index (χ0n) is 7.84. The molecule has 5 heteroatoms. The van der Waals surface area contributed by atoms with Crippen LogP contribution in [0.3, 0.4) is 0 Å². The molecule has 0 N–H and O–H groups in total. The molecular formula is C10H8N2O2S. The molecule has 0 saturated carbocycles. The van der Waals surface area contributed by atoms with Crippen molar-refractivity contribution in [3.8, 4) is 12.1 Å². The van der Waals surface area contributed by atoms with E-state index in [0.717, 1.165) is 0 Å². The fourth-order valence-electron chi connectivity index (χ4n) is 1.13. The minimum Gasteiger partial charge on any atom is -0.227 e. The number of hydrogen-bond acceptors (Lipinski definition) is 4. The SMILES string of the molecule is N#CCS(=O)(=O)Cc1cccc(C#N)c1. The zero-order valence-corrected chi connectivity index (χ0v) is 8.66. The van der Waals surface area contributed by atoms with Gasteiger partial charge < -0.3 is 0 Å². The van der Waals surface area contributed by atoms with Crippen molar-refractivity contribution in [2.45, 2.75) is 5.75 Å². The highest BCUT2D eigenvalue weighted by molar-refractivity contribution is 7.90. The van der Waals surface area contributed by atoms with E-state index in [2.05, 4.69) is 0 Å². The van der Waals surface area contributed by atoms with Crippen molar-refractivity contribution in [2.75, 3.05) is 5.75 Å². The highest BCUT2D eigenvalue weighted by Crippen LogP contribution is 2.08. The maximum Gasteiger partial charge on any atom is 0.167 e. The Morgan fingerprint density at radius 3 is 2.60 bits per heavy atom. The fraction of sp³-hybridized carbons (Fsp3) is 0.200. The fourth-order valence-corrected chi connectivity index (χ4v) is 2.12. The number of benzene rings is 1. The van der Waals surface area contributed by atoms with Crippen LogP contribution >= 0.6 is 0 Å². The summed E-state index contributed by atoms with van der Waals surface area (Å²) in [5.41, 5.74) is 0.948. The second kappa shape index (κ2) is 4.59. The van der Waals surface area contributed by atoms with Gasteiger partial charge in [-0.3, -0.25) is 0 Å². The Morgan fingerprint density at radius 2 is 2.00 bits per heavy atom. The number of rotatable bonds is 3. The Kier molecular flexibility index (Phi) is 3.43. The monoisotopic (exact) mass is 220 g/mol. The van der Waals surface area contributed by atoms with Gasteiger partial charge in [0.2, 0.25) is 0 Å². The number of nitrogens with zero attached hydrogens (tertiary/aromatic N) is 2. The van der Waals surface area contributed by atoms with E-state index in [1.165, 1.54) is 6.07 Å². The normalized spacial score (nSPS) is 10.3. The van der Waals surface area contributed by atoms with Crippen molar-refractivity contribution < 1.29 is 8.42 Å². The van der Waals surface area contributed by atoms with Gasteiger partial charge in [-0.2, -0.15) is 10.5 Å². The molecule has 0 aliphatic rings. The Labute approximate surface area is 88.3 Å². The van der Waals surface area contributed by atoms with Gasteiger partial charge in [-0.15, -0.1) is 0 Å². The molecule has 1 aromatic carbocycles. The maximum absolute atomic E-state index is 11.3. The molecule has 4 nitrogen and oxygen atoms in total. The van der Waals surface area contributed by atoms with Gasteiger partial charge in [0.05, 0.1) is 23.5 Å².